The highest BCUT2D eigenvalue weighted by Crippen LogP contribution is 2.37. The van der Waals surface area contributed by atoms with E-state index in [1.54, 1.807) is 6.20 Å². The van der Waals surface area contributed by atoms with Gasteiger partial charge in [0.05, 0.1) is 18.5 Å². The molecule has 4 rings (SSSR count). The van der Waals surface area contributed by atoms with Gasteiger partial charge in [0.1, 0.15) is 11.0 Å². The van der Waals surface area contributed by atoms with Crippen LogP contribution < -0.4 is 26.8 Å². The van der Waals surface area contributed by atoms with Crippen LogP contribution in [-0.2, 0) is 11.3 Å². The van der Waals surface area contributed by atoms with Crippen molar-refractivity contribution in [1.29, 1.82) is 0 Å². The number of benzene rings is 1. The number of urea groups is 1. The van der Waals surface area contributed by atoms with Crippen LogP contribution in [0.2, 0.25) is 0 Å². The summed E-state index contributed by atoms with van der Waals surface area (Å²) in [7, 11) is 0. The molecule has 0 spiro atoms. The average Bonchev–Trinajstić information content (AvgIpc) is 3.51. The van der Waals surface area contributed by atoms with E-state index in [4.69, 9.17) is 35.7 Å². The van der Waals surface area contributed by atoms with E-state index in [1.807, 2.05) is 49.6 Å². The van der Waals surface area contributed by atoms with Crippen molar-refractivity contribution >= 4 is 34.5 Å². The van der Waals surface area contributed by atoms with Crippen LogP contribution in [0.25, 0.3) is 33.8 Å². The maximum absolute atomic E-state index is 12.2. The van der Waals surface area contributed by atoms with E-state index in [0.717, 1.165) is 11.1 Å². The van der Waals surface area contributed by atoms with Crippen LogP contribution in [0.1, 0.15) is 27.2 Å². The fourth-order valence-electron chi connectivity index (χ4n) is 3.71. The van der Waals surface area contributed by atoms with Gasteiger partial charge in [0.25, 0.3) is 0 Å². The van der Waals surface area contributed by atoms with Gasteiger partial charge in [-0.1, -0.05) is 12.1 Å². The van der Waals surface area contributed by atoms with Crippen LogP contribution in [0.5, 0.6) is 5.75 Å². The number of hydrogen-bond donors (Lipinski definition) is 5. The number of carboxylic acid groups (broad SMARTS) is 1. The zero-order valence-corrected chi connectivity index (χ0v) is 22.9. The summed E-state index contributed by atoms with van der Waals surface area (Å²) in [4.78, 5) is 30.6. The van der Waals surface area contributed by atoms with Gasteiger partial charge in [-0.25, -0.2) is 24.2 Å². The van der Waals surface area contributed by atoms with Gasteiger partial charge in [0.2, 0.25) is 0 Å². The van der Waals surface area contributed by atoms with E-state index >= 15 is 0 Å². The van der Waals surface area contributed by atoms with Gasteiger partial charge in [0.15, 0.2) is 23.1 Å². The number of halogens is 3. The van der Waals surface area contributed by atoms with Crippen LogP contribution in [0, 0.1) is 0 Å². The highest BCUT2D eigenvalue weighted by Gasteiger charge is 2.38. The first-order chi connectivity index (χ1) is 19.9. The molecular weight excluding hydrogens is 563 g/mol. The fourth-order valence-corrected chi connectivity index (χ4v) is 3.71. The topological polar surface area (TPSA) is 209 Å². The molecular formula is C25H30F3N9O5. The van der Waals surface area contributed by atoms with Crippen LogP contribution in [0.3, 0.4) is 0 Å². The maximum atomic E-state index is 12.2. The number of aromatic nitrogens is 5. The van der Waals surface area contributed by atoms with E-state index in [2.05, 4.69) is 25.9 Å². The first kappa shape index (κ1) is 31.6. The molecule has 0 radical (unpaired) electrons. The lowest BCUT2D eigenvalue weighted by atomic mass is 10.1. The number of aliphatic carboxylic acids is 1. The molecule has 42 heavy (non-hydrogen) atoms. The Kier molecular flexibility index (Phi) is 10.2. The van der Waals surface area contributed by atoms with Crippen molar-refractivity contribution in [2.45, 2.75) is 46.0 Å². The van der Waals surface area contributed by atoms with E-state index in [-0.39, 0.29) is 17.9 Å². The van der Waals surface area contributed by atoms with E-state index in [9.17, 15) is 18.0 Å². The average molecular weight is 594 g/mol. The Morgan fingerprint density at radius 1 is 1.21 bits per heavy atom. The van der Waals surface area contributed by atoms with E-state index < -0.39 is 12.1 Å². The third-order valence-electron chi connectivity index (χ3n) is 5.44. The number of aryl methyl sites for hydroxylation is 1. The minimum Gasteiger partial charge on any atom is -0.490 e. The lowest BCUT2D eigenvalue weighted by Gasteiger charge is -2.13. The quantitative estimate of drug-likeness (QED) is 0.177. The van der Waals surface area contributed by atoms with Crippen LogP contribution in [0.15, 0.2) is 35.1 Å². The SMILES string of the molecule is CCn1c(-c2nonc2N)nc2c(-c3cccc(NC(=O)NC(C)C)c3)ncc(OCCCN)c21.O=C(O)C(F)(F)F. The fraction of sp³-hybridized carbons (Fsp3) is 0.360. The van der Waals surface area contributed by atoms with Gasteiger partial charge >= 0.3 is 18.2 Å². The molecule has 3 heterocycles. The standard InChI is InChI=1S/C23H29N9O3.C2HF3O2/c1-4-32-20-16(34-10-6-9-24)12-26-17(18(20)29-22(32)19-21(25)31-35-30-19)14-7-5-8-15(11-14)28-23(33)27-13(2)3;3-2(4,5)1(6)7/h5,7-8,11-13H,4,6,9-10,24H2,1-3H3,(H2,25,31)(H2,27,28,33);(H,6,7). The Morgan fingerprint density at radius 3 is 2.50 bits per heavy atom. The predicted molar refractivity (Wildman–Crippen MR) is 146 cm³/mol. The number of carbonyl (C=O) groups excluding carboxylic acids is 1. The lowest BCUT2D eigenvalue weighted by molar-refractivity contribution is -0.192. The first-order valence-corrected chi connectivity index (χ1v) is 12.7. The van der Waals surface area contributed by atoms with Gasteiger partial charge in [-0.15, -0.1) is 0 Å². The summed E-state index contributed by atoms with van der Waals surface area (Å²) in [5.74, 6) is -1.56. The Bertz CT molecular complexity index is 1540. The molecule has 0 bridgehead atoms. The Labute approximate surface area is 237 Å². The summed E-state index contributed by atoms with van der Waals surface area (Å²) in [5, 5.41) is 20.4. The number of rotatable bonds is 9. The number of fused-ring (bicyclic) bond motifs is 1. The molecule has 0 fully saturated rings. The van der Waals surface area contributed by atoms with Gasteiger partial charge in [-0.3, -0.25) is 0 Å². The number of amides is 2. The molecule has 2 amide bonds. The Balaban J connectivity index is 0.000000616. The molecule has 17 heteroatoms. The molecule has 0 aliphatic rings. The van der Waals surface area contributed by atoms with Crippen LogP contribution in [0.4, 0.5) is 29.5 Å². The second-order valence-electron chi connectivity index (χ2n) is 8.97. The van der Waals surface area contributed by atoms with Crippen LogP contribution in [-0.4, -0.2) is 67.3 Å². The number of alkyl halides is 3. The summed E-state index contributed by atoms with van der Waals surface area (Å²) in [6, 6.07) is 7.12. The number of nitrogens with one attached hydrogen (secondary N) is 2. The monoisotopic (exact) mass is 593 g/mol. The molecule has 0 aliphatic heterocycles. The molecule has 0 saturated heterocycles. The predicted octanol–water partition coefficient (Wildman–Crippen LogP) is 3.64. The highest BCUT2D eigenvalue weighted by atomic mass is 19.4. The smallest absolute Gasteiger partial charge is 0.490 e. The zero-order valence-electron chi connectivity index (χ0n) is 22.9. The van der Waals surface area contributed by atoms with E-state index in [0.29, 0.717) is 60.3 Å². The number of pyridine rings is 1. The first-order valence-electron chi connectivity index (χ1n) is 12.7. The summed E-state index contributed by atoms with van der Waals surface area (Å²) in [6.45, 7) is 7.29. The number of nitrogens with zero attached hydrogens (tertiary/aromatic N) is 5. The number of imidazole rings is 1. The number of hydrogen-bond acceptors (Lipinski definition) is 10. The minimum absolute atomic E-state index is 0.0150. The zero-order chi connectivity index (χ0) is 31.0. The second kappa shape index (κ2) is 13.6. The summed E-state index contributed by atoms with van der Waals surface area (Å²) >= 11 is 0. The van der Waals surface area contributed by atoms with Crippen molar-refractivity contribution in [3.8, 4) is 28.5 Å². The van der Waals surface area contributed by atoms with Crippen molar-refractivity contribution in [2.75, 3.05) is 24.2 Å². The molecule has 0 aliphatic carbocycles. The summed E-state index contributed by atoms with van der Waals surface area (Å²) in [6.07, 6.45) is -2.72. The lowest BCUT2D eigenvalue weighted by Crippen LogP contribution is -2.34. The van der Waals surface area contributed by atoms with Crippen molar-refractivity contribution < 1.29 is 37.2 Å². The van der Waals surface area contributed by atoms with Gasteiger partial charge in [-0.05, 0) is 56.2 Å². The molecule has 226 valence electrons. The van der Waals surface area contributed by atoms with Gasteiger partial charge in [-0.2, -0.15) is 13.2 Å². The van der Waals surface area contributed by atoms with Crippen molar-refractivity contribution in [2.24, 2.45) is 5.73 Å². The number of anilines is 2. The minimum atomic E-state index is -5.08. The third-order valence-corrected chi connectivity index (χ3v) is 5.44. The second-order valence-corrected chi connectivity index (χ2v) is 8.97. The molecule has 0 atom stereocenters. The number of nitrogens with two attached hydrogens (primary N) is 2. The maximum Gasteiger partial charge on any atom is 0.490 e. The number of carboxylic acids is 1. The summed E-state index contributed by atoms with van der Waals surface area (Å²) in [5.41, 5.74) is 15.3. The molecule has 3 aromatic heterocycles. The number of nitrogen functional groups attached to an aromatic ring is 1. The molecule has 0 unspecified atom stereocenters. The normalized spacial score (nSPS) is 11.2. The van der Waals surface area contributed by atoms with Gasteiger partial charge < -0.3 is 36.5 Å². The number of carbonyl (C=O) groups is 2. The number of ether oxygens (including phenoxy) is 1. The third kappa shape index (κ3) is 7.62. The molecule has 4 aromatic rings. The van der Waals surface area contributed by atoms with Crippen LogP contribution >= 0.6 is 0 Å². The van der Waals surface area contributed by atoms with Crippen molar-refractivity contribution in [3.63, 3.8) is 0 Å². The van der Waals surface area contributed by atoms with Crippen molar-refractivity contribution in [3.05, 3.63) is 30.5 Å². The molecule has 7 N–H and O–H groups in total. The van der Waals surface area contributed by atoms with Crippen molar-refractivity contribution in [1.82, 2.24) is 30.2 Å². The molecule has 1 aromatic carbocycles. The molecule has 14 nitrogen and oxygen atoms in total. The summed E-state index contributed by atoms with van der Waals surface area (Å²) < 4.78 is 44.5. The van der Waals surface area contributed by atoms with E-state index in [1.165, 1.54) is 0 Å². The highest BCUT2D eigenvalue weighted by molar-refractivity contribution is 5.97. The Morgan fingerprint density at radius 2 is 1.93 bits per heavy atom. The van der Waals surface area contributed by atoms with Gasteiger partial charge in [0, 0.05) is 23.8 Å². The largest absolute Gasteiger partial charge is 0.490 e. The Hall–Kier alpha value is -4.93. The molecule has 0 saturated carbocycles.